The smallest absolute Gasteiger partial charge is 0.237 e. The van der Waals surface area contributed by atoms with Gasteiger partial charge in [-0.15, -0.1) is 0 Å². The van der Waals surface area contributed by atoms with Crippen LogP contribution in [0.1, 0.15) is 62.0 Å². The summed E-state index contributed by atoms with van der Waals surface area (Å²) in [6, 6.07) is 4.49. The molecule has 1 amide bonds. The molecule has 0 radical (unpaired) electrons. The zero-order chi connectivity index (χ0) is 18.5. The van der Waals surface area contributed by atoms with Crippen molar-refractivity contribution in [3.63, 3.8) is 0 Å². The lowest BCUT2D eigenvalue weighted by atomic mass is 9.79. The van der Waals surface area contributed by atoms with E-state index in [4.69, 9.17) is 5.73 Å². The second-order valence-electron chi connectivity index (χ2n) is 7.87. The van der Waals surface area contributed by atoms with Gasteiger partial charge in [-0.3, -0.25) is 4.79 Å². The highest BCUT2D eigenvalue weighted by Gasteiger charge is 2.30. The Morgan fingerprint density at radius 3 is 2.73 bits per heavy atom. The van der Waals surface area contributed by atoms with Crippen LogP contribution >= 0.6 is 0 Å². The number of rotatable bonds is 5. The molecule has 0 saturated heterocycles. The minimum absolute atomic E-state index is 0.123. The van der Waals surface area contributed by atoms with Gasteiger partial charge in [0.25, 0.3) is 0 Å². The summed E-state index contributed by atoms with van der Waals surface area (Å²) in [7, 11) is 0. The number of nitrogens with two attached hydrogens (primary N) is 1. The summed E-state index contributed by atoms with van der Waals surface area (Å²) in [5.41, 5.74) is 8.41. The summed E-state index contributed by atoms with van der Waals surface area (Å²) in [6.45, 7) is 0.507. The van der Waals surface area contributed by atoms with Gasteiger partial charge in [0, 0.05) is 18.4 Å². The molecule has 0 aromatic heterocycles. The number of carbonyl (C=O) groups is 2. The van der Waals surface area contributed by atoms with Gasteiger partial charge in [-0.25, -0.2) is 4.39 Å². The Morgan fingerprint density at radius 2 is 2.00 bits per heavy atom. The van der Waals surface area contributed by atoms with E-state index in [0.29, 0.717) is 6.54 Å². The molecule has 2 unspecified atom stereocenters. The molecular weight excluding hydrogens is 331 g/mol. The number of aryl methyl sites for hydroxylation is 1. The molecule has 1 aromatic carbocycles. The fraction of sp³-hybridized carbons (Fsp3) is 0.619. The lowest BCUT2D eigenvalue weighted by Crippen LogP contribution is -2.47. The van der Waals surface area contributed by atoms with Crippen LogP contribution < -0.4 is 11.1 Å². The number of hydrogen-bond donors (Lipinski definition) is 2. The summed E-state index contributed by atoms with van der Waals surface area (Å²) in [5.74, 6) is 0.0708. The number of carbonyl (C=O) groups excluding carboxylic acids is 2. The third-order valence-corrected chi connectivity index (χ3v) is 6.14. The molecular formula is C21H29FN2O2. The maximum Gasteiger partial charge on any atom is 0.237 e. The summed E-state index contributed by atoms with van der Waals surface area (Å²) in [5, 5.41) is 3.01. The number of benzene rings is 1. The van der Waals surface area contributed by atoms with Crippen LogP contribution in [0.25, 0.3) is 0 Å². The lowest BCUT2D eigenvalue weighted by Gasteiger charge is -2.29. The van der Waals surface area contributed by atoms with Crippen LogP contribution in [0.15, 0.2) is 18.2 Å². The molecule has 1 aromatic rings. The standard InChI is InChI=1S/C21H29FN2O2/c22-18-10-9-15-3-1-2-4-17(19(15)11-18)12-24-21(26)20(23)16-7-5-14(13-25)6-8-16/h9-11,13-14,16-17,20H,1-8,12,23H2,(H,24,26). The molecule has 0 spiro atoms. The number of fused-ring (bicyclic) bond motifs is 1. The lowest BCUT2D eigenvalue weighted by molar-refractivity contribution is -0.124. The van der Waals surface area contributed by atoms with Crippen molar-refractivity contribution in [1.82, 2.24) is 5.32 Å². The van der Waals surface area contributed by atoms with Crippen LogP contribution in [0.4, 0.5) is 4.39 Å². The van der Waals surface area contributed by atoms with Gasteiger partial charge in [-0.05, 0) is 74.1 Å². The predicted molar refractivity (Wildman–Crippen MR) is 99.2 cm³/mol. The first-order valence-corrected chi connectivity index (χ1v) is 9.85. The number of aldehydes is 1. The molecule has 4 nitrogen and oxygen atoms in total. The number of halogens is 1. The average molecular weight is 360 g/mol. The minimum Gasteiger partial charge on any atom is -0.354 e. The predicted octanol–water partition coefficient (Wildman–Crippen LogP) is 3.08. The topological polar surface area (TPSA) is 72.2 Å². The molecule has 2 atom stereocenters. The molecule has 0 heterocycles. The van der Waals surface area contributed by atoms with E-state index in [1.165, 1.54) is 11.6 Å². The highest BCUT2D eigenvalue weighted by molar-refractivity contribution is 5.81. The van der Waals surface area contributed by atoms with Gasteiger partial charge in [0.15, 0.2) is 0 Å². The number of amides is 1. The Bertz CT molecular complexity index is 641. The minimum atomic E-state index is -0.527. The molecule has 2 aliphatic rings. The monoisotopic (exact) mass is 360 g/mol. The summed E-state index contributed by atoms with van der Waals surface area (Å²) in [4.78, 5) is 23.4. The van der Waals surface area contributed by atoms with Gasteiger partial charge in [-0.2, -0.15) is 0 Å². The molecule has 0 bridgehead atoms. The Balaban J connectivity index is 1.57. The van der Waals surface area contributed by atoms with Crippen molar-refractivity contribution in [2.75, 3.05) is 6.54 Å². The third kappa shape index (κ3) is 4.50. The van der Waals surface area contributed by atoms with Crippen molar-refractivity contribution >= 4 is 12.2 Å². The van der Waals surface area contributed by atoms with E-state index >= 15 is 0 Å². The normalized spacial score (nSPS) is 27.1. The second kappa shape index (κ2) is 8.76. The Labute approximate surface area is 154 Å². The van der Waals surface area contributed by atoms with Gasteiger partial charge in [0.1, 0.15) is 12.1 Å². The van der Waals surface area contributed by atoms with E-state index in [0.717, 1.165) is 63.2 Å². The quantitative estimate of drug-likeness (QED) is 0.626. The van der Waals surface area contributed by atoms with E-state index in [-0.39, 0.29) is 29.5 Å². The molecule has 1 fully saturated rings. The average Bonchev–Trinajstić information content (AvgIpc) is 2.87. The summed E-state index contributed by atoms with van der Waals surface area (Å²) in [6.07, 6.45) is 8.43. The van der Waals surface area contributed by atoms with Crippen molar-refractivity contribution < 1.29 is 14.0 Å². The molecule has 26 heavy (non-hydrogen) atoms. The summed E-state index contributed by atoms with van der Waals surface area (Å²) < 4.78 is 13.7. The van der Waals surface area contributed by atoms with E-state index in [1.54, 1.807) is 6.07 Å². The van der Waals surface area contributed by atoms with Crippen LogP contribution in [-0.4, -0.2) is 24.8 Å². The van der Waals surface area contributed by atoms with Crippen molar-refractivity contribution in [3.05, 3.63) is 35.1 Å². The van der Waals surface area contributed by atoms with E-state index in [1.807, 2.05) is 6.07 Å². The van der Waals surface area contributed by atoms with Gasteiger partial charge < -0.3 is 15.8 Å². The first-order chi connectivity index (χ1) is 12.6. The van der Waals surface area contributed by atoms with Crippen molar-refractivity contribution in [2.24, 2.45) is 17.6 Å². The SMILES string of the molecule is NC(C(=O)NCC1CCCCc2ccc(F)cc21)C1CCC(C=O)CC1. The Morgan fingerprint density at radius 1 is 1.23 bits per heavy atom. The first-order valence-electron chi connectivity index (χ1n) is 9.85. The van der Waals surface area contributed by atoms with Crippen LogP contribution in [0.3, 0.4) is 0 Å². The van der Waals surface area contributed by atoms with Crippen molar-refractivity contribution in [2.45, 2.75) is 63.3 Å². The molecule has 1 saturated carbocycles. The zero-order valence-corrected chi connectivity index (χ0v) is 15.3. The van der Waals surface area contributed by atoms with Gasteiger partial charge in [0.05, 0.1) is 6.04 Å². The highest BCUT2D eigenvalue weighted by atomic mass is 19.1. The fourth-order valence-corrected chi connectivity index (χ4v) is 4.44. The van der Waals surface area contributed by atoms with Crippen molar-refractivity contribution in [1.29, 1.82) is 0 Å². The van der Waals surface area contributed by atoms with Crippen LogP contribution in [0.2, 0.25) is 0 Å². The number of nitrogens with one attached hydrogen (secondary N) is 1. The molecule has 0 aliphatic heterocycles. The fourth-order valence-electron chi connectivity index (χ4n) is 4.44. The first kappa shape index (κ1) is 19.0. The maximum absolute atomic E-state index is 13.7. The molecule has 3 N–H and O–H groups in total. The van der Waals surface area contributed by atoms with Gasteiger partial charge >= 0.3 is 0 Å². The van der Waals surface area contributed by atoms with E-state index < -0.39 is 6.04 Å². The molecule has 5 heteroatoms. The van der Waals surface area contributed by atoms with Crippen LogP contribution in [0.5, 0.6) is 0 Å². The maximum atomic E-state index is 13.7. The van der Waals surface area contributed by atoms with Crippen LogP contribution in [0, 0.1) is 17.7 Å². The van der Waals surface area contributed by atoms with Gasteiger partial charge in [-0.1, -0.05) is 12.5 Å². The number of hydrogen-bond acceptors (Lipinski definition) is 3. The largest absolute Gasteiger partial charge is 0.354 e. The van der Waals surface area contributed by atoms with Crippen LogP contribution in [-0.2, 0) is 16.0 Å². The zero-order valence-electron chi connectivity index (χ0n) is 15.3. The Hall–Kier alpha value is -1.75. The Kier molecular flexibility index (Phi) is 6.41. The molecule has 3 rings (SSSR count). The molecule has 2 aliphatic carbocycles. The molecule has 142 valence electrons. The second-order valence-corrected chi connectivity index (χ2v) is 7.87. The highest BCUT2D eigenvalue weighted by Crippen LogP contribution is 2.31. The van der Waals surface area contributed by atoms with E-state index in [9.17, 15) is 14.0 Å². The van der Waals surface area contributed by atoms with Gasteiger partial charge in [0.2, 0.25) is 5.91 Å². The van der Waals surface area contributed by atoms with Crippen molar-refractivity contribution in [3.8, 4) is 0 Å². The summed E-state index contributed by atoms with van der Waals surface area (Å²) >= 11 is 0. The third-order valence-electron chi connectivity index (χ3n) is 6.14. The van der Waals surface area contributed by atoms with E-state index in [2.05, 4.69) is 5.32 Å².